The number of ether oxygens (including phenoxy) is 3. The molecule has 0 saturated carbocycles. The van der Waals surface area contributed by atoms with E-state index in [0.717, 1.165) is 22.7 Å². The van der Waals surface area contributed by atoms with Crippen molar-refractivity contribution in [3.05, 3.63) is 80.8 Å². The third-order valence-electron chi connectivity index (χ3n) is 4.86. The van der Waals surface area contributed by atoms with Gasteiger partial charge in [0, 0.05) is 40.0 Å². The third kappa shape index (κ3) is 5.45. The zero-order chi connectivity index (χ0) is 22.4. The summed E-state index contributed by atoms with van der Waals surface area (Å²) in [5, 5.41) is 15.1. The number of hydrogen-bond acceptors (Lipinski definition) is 5. The molecule has 1 unspecified atom stereocenters. The van der Waals surface area contributed by atoms with Crippen molar-refractivity contribution in [2.45, 2.75) is 19.6 Å². The Morgan fingerprint density at radius 3 is 2.52 bits per heavy atom. The molecule has 0 heterocycles. The number of aliphatic hydroxyl groups is 1. The zero-order valence-electron chi connectivity index (χ0n) is 17.6. The highest BCUT2D eigenvalue weighted by Gasteiger charge is 2.20. The lowest BCUT2D eigenvalue weighted by molar-refractivity contribution is 0.219. The standard InChI is InChI=1S/C24H25BrClNO4/c1-4-31-21-7-5-6-18(23(21)25)24(28)19-12-16(26)9-11-20(19)27-14-15-8-10-17(29-2)13-22(15)30-3/h5-13,24,27-28H,4,14H2,1-3H3. The number of methoxy groups -OCH3 is 2. The van der Waals surface area contributed by atoms with Crippen LogP contribution < -0.4 is 19.5 Å². The van der Waals surface area contributed by atoms with E-state index in [0.29, 0.717) is 39.5 Å². The first-order valence-electron chi connectivity index (χ1n) is 9.82. The lowest BCUT2D eigenvalue weighted by Gasteiger charge is -2.20. The Labute approximate surface area is 196 Å². The Balaban J connectivity index is 1.91. The molecule has 0 amide bonds. The van der Waals surface area contributed by atoms with Crippen LogP contribution in [0.25, 0.3) is 0 Å². The average Bonchev–Trinajstić information content (AvgIpc) is 2.79. The fourth-order valence-corrected chi connectivity index (χ4v) is 4.06. The second-order valence-corrected chi connectivity index (χ2v) is 7.99. The highest BCUT2D eigenvalue weighted by Crippen LogP contribution is 2.38. The molecule has 31 heavy (non-hydrogen) atoms. The minimum atomic E-state index is -0.909. The van der Waals surface area contributed by atoms with Crippen LogP contribution in [0.2, 0.25) is 5.02 Å². The minimum Gasteiger partial charge on any atom is -0.497 e. The van der Waals surface area contributed by atoms with Crippen molar-refractivity contribution >= 4 is 33.2 Å². The van der Waals surface area contributed by atoms with Gasteiger partial charge >= 0.3 is 0 Å². The lowest BCUT2D eigenvalue weighted by atomic mass is 9.99. The maximum absolute atomic E-state index is 11.2. The van der Waals surface area contributed by atoms with Gasteiger partial charge in [0.25, 0.3) is 0 Å². The summed E-state index contributed by atoms with van der Waals surface area (Å²) in [6, 6.07) is 16.6. The molecule has 3 aromatic carbocycles. The molecule has 3 aromatic rings. The van der Waals surface area contributed by atoms with E-state index in [4.69, 9.17) is 25.8 Å². The van der Waals surface area contributed by atoms with Gasteiger partial charge in [-0.25, -0.2) is 0 Å². The van der Waals surface area contributed by atoms with E-state index in [1.165, 1.54) is 0 Å². The summed E-state index contributed by atoms with van der Waals surface area (Å²) in [5.41, 5.74) is 3.08. The molecule has 0 aliphatic rings. The summed E-state index contributed by atoms with van der Waals surface area (Å²) >= 11 is 9.82. The number of benzene rings is 3. The van der Waals surface area contributed by atoms with E-state index in [2.05, 4.69) is 21.2 Å². The van der Waals surface area contributed by atoms with Crippen LogP contribution in [0.15, 0.2) is 59.1 Å². The zero-order valence-corrected chi connectivity index (χ0v) is 20.0. The highest BCUT2D eigenvalue weighted by atomic mass is 79.9. The summed E-state index contributed by atoms with van der Waals surface area (Å²) < 4.78 is 17.1. The summed E-state index contributed by atoms with van der Waals surface area (Å²) in [7, 11) is 3.24. The van der Waals surface area contributed by atoms with Gasteiger partial charge in [-0.1, -0.05) is 23.7 Å². The first-order chi connectivity index (χ1) is 15.0. The molecule has 0 aliphatic carbocycles. The number of nitrogens with one attached hydrogen (secondary N) is 1. The SMILES string of the molecule is CCOc1cccc(C(O)c2cc(Cl)ccc2NCc2ccc(OC)cc2OC)c1Br. The van der Waals surface area contributed by atoms with Crippen molar-refractivity contribution in [2.75, 3.05) is 26.1 Å². The number of aliphatic hydroxyl groups excluding tert-OH is 1. The fourth-order valence-electron chi connectivity index (χ4n) is 3.28. The molecule has 1 atom stereocenters. The normalized spacial score (nSPS) is 11.7. The monoisotopic (exact) mass is 505 g/mol. The van der Waals surface area contributed by atoms with Crippen LogP contribution in [0.1, 0.15) is 29.7 Å². The number of rotatable bonds is 9. The molecule has 2 N–H and O–H groups in total. The van der Waals surface area contributed by atoms with Gasteiger partial charge in [-0.3, -0.25) is 0 Å². The van der Waals surface area contributed by atoms with Gasteiger partial charge < -0.3 is 24.6 Å². The molecule has 3 rings (SSSR count). The van der Waals surface area contributed by atoms with Crippen LogP contribution in [-0.2, 0) is 6.54 Å². The third-order valence-corrected chi connectivity index (χ3v) is 5.94. The molecule has 164 valence electrons. The van der Waals surface area contributed by atoms with Gasteiger partial charge in [0.1, 0.15) is 23.4 Å². The molecule has 0 aromatic heterocycles. The van der Waals surface area contributed by atoms with Gasteiger partial charge in [0.15, 0.2) is 0 Å². The quantitative estimate of drug-likeness (QED) is 0.361. The van der Waals surface area contributed by atoms with Crippen molar-refractivity contribution < 1.29 is 19.3 Å². The molecule has 0 aliphatic heterocycles. The minimum absolute atomic E-state index is 0.495. The highest BCUT2D eigenvalue weighted by molar-refractivity contribution is 9.10. The van der Waals surface area contributed by atoms with Crippen molar-refractivity contribution in [1.29, 1.82) is 0 Å². The molecule has 7 heteroatoms. The van der Waals surface area contributed by atoms with Crippen LogP contribution in [0.3, 0.4) is 0 Å². The molecule has 0 saturated heterocycles. The number of hydrogen-bond donors (Lipinski definition) is 2. The van der Waals surface area contributed by atoms with E-state index in [1.807, 2.05) is 49.4 Å². The summed E-state index contributed by atoms with van der Waals surface area (Å²) in [4.78, 5) is 0. The smallest absolute Gasteiger partial charge is 0.133 e. The van der Waals surface area contributed by atoms with E-state index in [-0.39, 0.29) is 0 Å². The predicted molar refractivity (Wildman–Crippen MR) is 128 cm³/mol. The fraction of sp³-hybridized carbons (Fsp3) is 0.250. The van der Waals surface area contributed by atoms with Gasteiger partial charge in [-0.05, 0) is 59.3 Å². The van der Waals surface area contributed by atoms with Crippen LogP contribution in [0, 0.1) is 0 Å². The Bertz CT molecular complexity index is 1040. The van der Waals surface area contributed by atoms with E-state index in [1.54, 1.807) is 26.4 Å². The van der Waals surface area contributed by atoms with Crippen molar-refractivity contribution in [1.82, 2.24) is 0 Å². The predicted octanol–water partition coefficient (Wildman–Crippen LogP) is 6.21. The Morgan fingerprint density at radius 1 is 1.00 bits per heavy atom. The molecule has 0 radical (unpaired) electrons. The Morgan fingerprint density at radius 2 is 1.81 bits per heavy atom. The van der Waals surface area contributed by atoms with Crippen LogP contribution in [-0.4, -0.2) is 25.9 Å². The molecule has 0 bridgehead atoms. The molecule has 5 nitrogen and oxygen atoms in total. The van der Waals surface area contributed by atoms with Crippen molar-refractivity contribution in [3.63, 3.8) is 0 Å². The summed E-state index contributed by atoms with van der Waals surface area (Å²) in [5.74, 6) is 2.12. The maximum atomic E-state index is 11.2. The van der Waals surface area contributed by atoms with Crippen LogP contribution in [0.4, 0.5) is 5.69 Å². The van der Waals surface area contributed by atoms with Gasteiger partial charge in [-0.2, -0.15) is 0 Å². The first-order valence-corrected chi connectivity index (χ1v) is 11.0. The molecular weight excluding hydrogens is 482 g/mol. The Kier molecular flexibility index (Phi) is 8.07. The largest absolute Gasteiger partial charge is 0.497 e. The van der Waals surface area contributed by atoms with Gasteiger partial charge in [0.05, 0.1) is 25.3 Å². The first kappa shape index (κ1) is 23.3. The molecule has 0 fully saturated rings. The second kappa shape index (κ2) is 10.8. The van der Waals surface area contributed by atoms with Gasteiger partial charge in [0.2, 0.25) is 0 Å². The average molecular weight is 507 g/mol. The molecular formula is C24H25BrClNO4. The Hall–Kier alpha value is -2.41. The molecule has 0 spiro atoms. The van der Waals surface area contributed by atoms with Crippen LogP contribution >= 0.6 is 27.5 Å². The second-order valence-electron chi connectivity index (χ2n) is 6.76. The van der Waals surface area contributed by atoms with E-state index < -0.39 is 6.10 Å². The number of anilines is 1. The maximum Gasteiger partial charge on any atom is 0.133 e. The van der Waals surface area contributed by atoms with Gasteiger partial charge in [-0.15, -0.1) is 0 Å². The van der Waals surface area contributed by atoms with Crippen LogP contribution in [0.5, 0.6) is 17.2 Å². The topological polar surface area (TPSA) is 60.0 Å². The van der Waals surface area contributed by atoms with Crippen molar-refractivity contribution in [3.8, 4) is 17.2 Å². The van der Waals surface area contributed by atoms with E-state index >= 15 is 0 Å². The van der Waals surface area contributed by atoms with E-state index in [9.17, 15) is 5.11 Å². The van der Waals surface area contributed by atoms with Crippen molar-refractivity contribution in [2.24, 2.45) is 0 Å². The number of halogens is 2. The summed E-state index contributed by atoms with van der Waals surface area (Å²) in [6.07, 6.45) is -0.909. The summed E-state index contributed by atoms with van der Waals surface area (Å²) in [6.45, 7) is 2.95. The lowest BCUT2D eigenvalue weighted by Crippen LogP contribution is -2.09.